The second-order valence-electron chi connectivity index (χ2n) is 4.85. The van der Waals surface area contributed by atoms with E-state index in [0.717, 1.165) is 10.5 Å². The maximum Gasteiger partial charge on any atom is 0.123 e. The molecule has 1 aliphatic rings. The molecule has 0 aliphatic heterocycles. The second-order valence-corrected chi connectivity index (χ2v) is 6.19. The van der Waals surface area contributed by atoms with Gasteiger partial charge in [-0.05, 0) is 43.5 Å². The fourth-order valence-electron chi connectivity index (χ4n) is 2.35. The Morgan fingerprint density at radius 3 is 2.65 bits per heavy atom. The number of thioether (sulfide) groups is 1. The Labute approximate surface area is 107 Å². The van der Waals surface area contributed by atoms with E-state index in [0.29, 0.717) is 5.25 Å². The summed E-state index contributed by atoms with van der Waals surface area (Å²) in [7, 11) is 0. The standard InChI is InChI=1S/C14H20FNS/c1-10(16)13-9-11(15)7-8-14(13)17-12-5-3-2-4-6-12/h7-10,12H,2-6,16H2,1H3. The predicted octanol–water partition coefficient (Wildman–Crippen LogP) is 4.27. The third-order valence-corrected chi connectivity index (χ3v) is 4.74. The molecular weight excluding hydrogens is 233 g/mol. The lowest BCUT2D eigenvalue weighted by Crippen LogP contribution is -2.11. The van der Waals surface area contributed by atoms with Crippen LogP contribution in [0.25, 0.3) is 0 Å². The zero-order valence-electron chi connectivity index (χ0n) is 10.3. The Balaban J connectivity index is 2.13. The van der Waals surface area contributed by atoms with E-state index >= 15 is 0 Å². The van der Waals surface area contributed by atoms with E-state index in [2.05, 4.69) is 0 Å². The highest BCUT2D eigenvalue weighted by Gasteiger charge is 2.17. The van der Waals surface area contributed by atoms with Crippen LogP contribution < -0.4 is 5.73 Å². The van der Waals surface area contributed by atoms with Crippen LogP contribution >= 0.6 is 11.8 Å². The van der Waals surface area contributed by atoms with Crippen LogP contribution in [0.5, 0.6) is 0 Å². The first kappa shape index (κ1) is 12.9. The van der Waals surface area contributed by atoms with Gasteiger partial charge in [0, 0.05) is 16.2 Å². The largest absolute Gasteiger partial charge is 0.324 e. The van der Waals surface area contributed by atoms with E-state index in [4.69, 9.17) is 5.73 Å². The van der Waals surface area contributed by atoms with Crippen molar-refractivity contribution in [2.24, 2.45) is 5.73 Å². The molecule has 0 heterocycles. The molecule has 1 fully saturated rings. The van der Waals surface area contributed by atoms with Crippen molar-refractivity contribution in [2.45, 2.75) is 55.2 Å². The number of hydrogen-bond acceptors (Lipinski definition) is 2. The van der Waals surface area contributed by atoms with Gasteiger partial charge in [0.25, 0.3) is 0 Å². The molecule has 0 aromatic heterocycles. The molecule has 2 rings (SSSR count). The van der Waals surface area contributed by atoms with E-state index in [1.807, 2.05) is 24.8 Å². The quantitative estimate of drug-likeness (QED) is 0.870. The average Bonchev–Trinajstić information content (AvgIpc) is 2.32. The van der Waals surface area contributed by atoms with E-state index in [1.54, 1.807) is 6.07 Å². The molecule has 1 nitrogen and oxygen atoms in total. The summed E-state index contributed by atoms with van der Waals surface area (Å²) >= 11 is 1.88. The summed E-state index contributed by atoms with van der Waals surface area (Å²) in [6.45, 7) is 1.92. The Bertz CT molecular complexity index is 372. The highest BCUT2D eigenvalue weighted by Crippen LogP contribution is 2.36. The number of benzene rings is 1. The molecule has 1 unspecified atom stereocenters. The number of rotatable bonds is 3. The van der Waals surface area contributed by atoms with Gasteiger partial charge < -0.3 is 5.73 Å². The van der Waals surface area contributed by atoms with Crippen molar-refractivity contribution in [1.82, 2.24) is 0 Å². The minimum Gasteiger partial charge on any atom is -0.324 e. The molecule has 1 aliphatic carbocycles. The fourth-order valence-corrected chi connectivity index (χ4v) is 3.80. The zero-order chi connectivity index (χ0) is 12.3. The van der Waals surface area contributed by atoms with Crippen LogP contribution in [0.1, 0.15) is 50.6 Å². The highest BCUT2D eigenvalue weighted by molar-refractivity contribution is 8.00. The molecule has 0 bridgehead atoms. The summed E-state index contributed by atoms with van der Waals surface area (Å²) in [4.78, 5) is 1.16. The zero-order valence-corrected chi connectivity index (χ0v) is 11.1. The third kappa shape index (κ3) is 3.46. The molecule has 0 amide bonds. The molecule has 94 valence electrons. The maximum absolute atomic E-state index is 13.2. The lowest BCUT2D eigenvalue weighted by atomic mass is 10.0. The van der Waals surface area contributed by atoms with Gasteiger partial charge in [0.05, 0.1) is 0 Å². The maximum atomic E-state index is 13.2. The van der Waals surface area contributed by atoms with Crippen LogP contribution in [0.3, 0.4) is 0 Å². The number of nitrogens with two attached hydrogens (primary N) is 1. The Hall–Kier alpha value is -0.540. The molecule has 3 heteroatoms. The molecule has 0 spiro atoms. The van der Waals surface area contributed by atoms with Gasteiger partial charge in [-0.25, -0.2) is 4.39 Å². The van der Waals surface area contributed by atoms with Gasteiger partial charge in [0.2, 0.25) is 0 Å². The number of hydrogen-bond donors (Lipinski definition) is 1. The first-order valence-corrected chi connectivity index (χ1v) is 7.26. The van der Waals surface area contributed by atoms with Crippen LogP contribution in [-0.2, 0) is 0 Å². The molecule has 1 saturated carbocycles. The Morgan fingerprint density at radius 2 is 2.00 bits per heavy atom. The summed E-state index contributed by atoms with van der Waals surface area (Å²) in [6, 6.07) is 4.90. The van der Waals surface area contributed by atoms with Crippen LogP contribution in [0.15, 0.2) is 23.1 Å². The van der Waals surface area contributed by atoms with Gasteiger partial charge in [0.15, 0.2) is 0 Å². The molecule has 1 aromatic carbocycles. The number of halogens is 1. The van der Waals surface area contributed by atoms with Crippen molar-refractivity contribution >= 4 is 11.8 Å². The van der Waals surface area contributed by atoms with Crippen molar-refractivity contribution < 1.29 is 4.39 Å². The van der Waals surface area contributed by atoms with Crippen LogP contribution in [0, 0.1) is 5.82 Å². The summed E-state index contributed by atoms with van der Waals surface area (Å²) in [5.74, 6) is -0.190. The van der Waals surface area contributed by atoms with Crippen molar-refractivity contribution in [3.05, 3.63) is 29.6 Å². The van der Waals surface area contributed by atoms with Gasteiger partial charge in [-0.2, -0.15) is 0 Å². The molecular formula is C14H20FNS. The van der Waals surface area contributed by atoms with Gasteiger partial charge in [0.1, 0.15) is 5.82 Å². The first-order valence-electron chi connectivity index (χ1n) is 6.38. The Kier molecular flexibility index (Phi) is 4.46. The molecule has 1 atom stereocenters. The lowest BCUT2D eigenvalue weighted by Gasteiger charge is -2.23. The molecule has 17 heavy (non-hydrogen) atoms. The van der Waals surface area contributed by atoms with Crippen molar-refractivity contribution in [2.75, 3.05) is 0 Å². The molecule has 0 radical (unpaired) electrons. The topological polar surface area (TPSA) is 26.0 Å². The molecule has 1 aromatic rings. The summed E-state index contributed by atoms with van der Waals surface area (Å²) < 4.78 is 13.2. The van der Waals surface area contributed by atoms with Gasteiger partial charge in [-0.1, -0.05) is 19.3 Å². The van der Waals surface area contributed by atoms with Crippen LogP contribution in [0.4, 0.5) is 4.39 Å². The van der Waals surface area contributed by atoms with E-state index < -0.39 is 0 Å². The SMILES string of the molecule is CC(N)c1cc(F)ccc1SC1CCCCC1. The van der Waals surface area contributed by atoms with Gasteiger partial charge in [-0.15, -0.1) is 11.8 Å². The molecule has 0 saturated heterocycles. The summed E-state index contributed by atoms with van der Waals surface area (Å²) in [5.41, 5.74) is 6.85. The van der Waals surface area contributed by atoms with Crippen molar-refractivity contribution in [3.8, 4) is 0 Å². The molecule has 2 N–H and O–H groups in total. The van der Waals surface area contributed by atoms with Crippen molar-refractivity contribution in [3.63, 3.8) is 0 Å². The minimum absolute atomic E-state index is 0.100. The Morgan fingerprint density at radius 1 is 1.29 bits per heavy atom. The van der Waals surface area contributed by atoms with Crippen LogP contribution in [0.2, 0.25) is 0 Å². The predicted molar refractivity (Wildman–Crippen MR) is 71.7 cm³/mol. The lowest BCUT2D eigenvalue weighted by molar-refractivity contribution is 0.516. The van der Waals surface area contributed by atoms with E-state index in [9.17, 15) is 4.39 Å². The van der Waals surface area contributed by atoms with Gasteiger partial charge in [-0.3, -0.25) is 0 Å². The third-order valence-electron chi connectivity index (χ3n) is 3.31. The highest BCUT2D eigenvalue weighted by atomic mass is 32.2. The fraction of sp³-hybridized carbons (Fsp3) is 0.571. The average molecular weight is 253 g/mol. The minimum atomic E-state index is -0.190. The second kappa shape index (κ2) is 5.87. The summed E-state index contributed by atoms with van der Waals surface area (Å²) in [5, 5.41) is 0.687. The smallest absolute Gasteiger partial charge is 0.123 e. The normalized spacial score (nSPS) is 19.2. The van der Waals surface area contributed by atoms with Gasteiger partial charge >= 0.3 is 0 Å². The first-order chi connectivity index (χ1) is 8.16. The summed E-state index contributed by atoms with van der Waals surface area (Å²) in [6.07, 6.45) is 6.57. The van der Waals surface area contributed by atoms with Crippen LogP contribution in [-0.4, -0.2) is 5.25 Å². The van der Waals surface area contributed by atoms with E-state index in [-0.39, 0.29) is 11.9 Å². The monoisotopic (exact) mass is 253 g/mol. The van der Waals surface area contributed by atoms with Crippen molar-refractivity contribution in [1.29, 1.82) is 0 Å². The van der Waals surface area contributed by atoms with E-state index in [1.165, 1.54) is 38.2 Å².